The second kappa shape index (κ2) is 8.30. The Kier molecular flexibility index (Phi) is 5.28. The fourth-order valence-corrected chi connectivity index (χ4v) is 4.37. The Labute approximate surface area is 197 Å². The lowest BCUT2D eigenvalue weighted by molar-refractivity contribution is 0.0950. The molecule has 0 fully saturated rings. The number of carbonyl (C=O) groups excluding carboxylic acids is 1. The van der Waals surface area contributed by atoms with Gasteiger partial charge >= 0.3 is 0 Å². The molecule has 3 N–H and O–H groups in total. The van der Waals surface area contributed by atoms with Crippen LogP contribution in [0, 0.1) is 27.7 Å². The minimum absolute atomic E-state index is 0.166. The van der Waals surface area contributed by atoms with E-state index in [1.807, 2.05) is 36.6 Å². The number of nitrogens with one attached hydrogen (secondary N) is 1. The Hall–Kier alpha value is -4.20. The number of benzene rings is 1. The SMILES string of the molecule is Cc1cc2nc(Cn3cc(C(=O)NCc4c(C)cc5c(N)nccc5c4C)cn3)cn2cc1C. The molecule has 8 nitrogen and oxygen atoms in total. The highest BCUT2D eigenvalue weighted by molar-refractivity contribution is 5.95. The molecule has 1 aromatic carbocycles. The van der Waals surface area contributed by atoms with Crippen molar-refractivity contribution in [3.05, 3.63) is 88.3 Å². The van der Waals surface area contributed by atoms with Gasteiger partial charge in [0, 0.05) is 36.7 Å². The van der Waals surface area contributed by atoms with Crippen molar-refractivity contribution in [1.29, 1.82) is 0 Å². The number of hydrogen-bond acceptors (Lipinski definition) is 5. The first-order chi connectivity index (χ1) is 16.3. The number of hydrogen-bond donors (Lipinski definition) is 2. The number of nitrogens with zero attached hydrogens (tertiary/aromatic N) is 5. The van der Waals surface area contributed by atoms with E-state index in [0.717, 1.165) is 38.8 Å². The zero-order valence-electron chi connectivity index (χ0n) is 19.8. The van der Waals surface area contributed by atoms with Crippen molar-refractivity contribution in [3.8, 4) is 0 Å². The predicted molar refractivity (Wildman–Crippen MR) is 133 cm³/mol. The third-order valence-corrected chi connectivity index (χ3v) is 6.47. The summed E-state index contributed by atoms with van der Waals surface area (Å²) in [5.41, 5.74) is 14.0. The van der Waals surface area contributed by atoms with E-state index in [2.05, 4.69) is 46.5 Å². The normalized spacial score (nSPS) is 11.4. The molecule has 5 rings (SSSR count). The number of imidazole rings is 1. The molecule has 0 atom stereocenters. The highest BCUT2D eigenvalue weighted by atomic mass is 16.1. The van der Waals surface area contributed by atoms with Crippen LogP contribution in [0.4, 0.5) is 5.82 Å². The fourth-order valence-electron chi connectivity index (χ4n) is 4.37. The Morgan fingerprint density at radius 2 is 1.85 bits per heavy atom. The Bertz CT molecular complexity index is 1520. The maximum absolute atomic E-state index is 12.8. The van der Waals surface area contributed by atoms with Crippen LogP contribution in [0.1, 0.15) is 43.9 Å². The lowest BCUT2D eigenvalue weighted by Gasteiger charge is -2.14. The predicted octanol–water partition coefficient (Wildman–Crippen LogP) is 3.87. The molecule has 4 heterocycles. The second-order valence-corrected chi connectivity index (χ2v) is 8.83. The Morgan fingerprint density at radius 1 is 1.03 bits per heavy atom. The Balaban J connectivity index is 1.30. The summed E-state index contributed by atoms with van der Waals surface area (Å²) in [6.45, 7) is 9.15. The van der Waals surface area contributed by atoms with Gasteiger partial charge in [0.15, 0.2) is 0 Å². The summed E-state index contributed by atoms with van der Waals surface area (Å²) >= 11 is 0. The molecule has 0 aliphatic rings. The molecule has 172 valence electrons. The number of pyridine rings is 2. The first-order valence-corrected chi connectivity index (χ1v) is 11.2. The van der Waals surface area contributed by atoms with E-state index in [0.29, 0.717) is 24.5 Å². The quantitative estimate of drug-likeness (QED) is 0.420. The van der Waals surface area contributed by atoms with Crippen molar-refractivity contribution >= 4 is 28.1 Å². The lowest BCUT2D eigenvalue weighted by atomic mass is 9.96. The van der Waals surface area contributed by atoms with Crippen LogP contribution in [-0.4, -0.2) is 30.1 Å². The molecule has 8 heteroatoms. The second-order valence-electron chi connectivity index (χ2n) is 8.83. The molecule has 0 unspecified atom stereocenters. The van der Waals surface area contributed by atoms with E-state index in [9.17, 15) is 4.79 Å². The summed E-state index contributed by atoms with van der Waals surface area (Å²) in [7, 11) is 0. The number of rotatable bonds is 5. The third-order valence-electron chi connectivity index (χ3n) is 6.47. The average molecular weight is 454 g/mol. The highest BCUT2D eigenvalue weighted by Crippen LogP contribution is 2.27. The number of carbonyl (C=O) groups is 1. The van der Waals surface area contributed by atoms with E-state index in [1.54, 1.807) is 23.3 Å². The van der Waals surface area contributed by atoms with Crippen molar-refractivity contribution in [2.75, 3.05) is 5.73 Å². The van der Waals surface area contributed by atoms with E-state index in [1.165, 1.54) is 11.1 Å². The molecular weight excluding hydrogens is 426 g/mol. The van der Waals surface area contributed by atoms with Crippen LogP contribution in [0.15, 0.2) is 49.2 Å². The molecule has 1 amide bonds. The van der Waals surface area contributed by atoms with Gasteiger partial charge in [-0.25, -0.2) is 9.97 Å². The van der Waals surface area contributed by atoms with Crippen LogP contribution in [0.25, 0.3) is 16.4 Å². The first-order valence-electron chi connectivity index (χ1n) is 11.2. The highest BCUT2D eigenvalue weighted by Gasteiger charge is 2.14. The number of nitrogen functional groups attached to an aromatic ring is 1. The van der Waals surface area contributed by atoms with Gasteiger partial charge in [-0.1, -0.05) is 0 Å². The van der Waals surface area contributed by atoms with Crippen LogP contribution in [0.2, 0.25) is 0 Å². The van der Waals surface area contributed by atoms with Crippen molar-refractivity contribution in [1.82, 2.24) is 29.5 Å². The van der Waals surface area contributed by atoms with E-state index in [-0.39, 0.29) is 5.91 Å². The summed E-state index contributed by atoms with van der Waals surface area (Å²) in [5, 5.41) is 9.38. The summed E-state index contributed by atoms with van der Waals surface area (Å²) in [6.07, 6.45) is 9.12. The molecule has 0 radical (unpaired) electrons. The molecule has 0 saturated carbocycles. The molecule has 0 saturated heterocycles. The van der Waals surface area contributed by atoms with Gasteiger partial charge in [0.25, 0.3) is 5.91 Å². The number of anilines is 1. The summed E-state index contributed by atoms with van der Waals surface area (Å²) in [5.74, 6) is 0.350. The van der Waals surface area contributed by atoms with Crippen LogP contribution >= 0.6 is 0 Å². The van der Waals surface area contributed by atoms with Gasteiger partial charge in [0.2, 0.25) is 0 Å². The van der Waals surface area contributed by atoms with Crippen molar-refractivity contribution in [2.24, 2.45) is 0 Å². The van der Waals surface area contributed by atoms with Gasteiger partial charge in [0.1, 0.15) is 11.5 Å². The van der Waals surface area contributed by atoms with E-state index in [4.69, 9.17) is 5.73 Å². The van der Waals surface area contributed by atoms with Gasteiger partial charge in [-0.2, -0.15) is 5.10 Å². The van der Waals surface area contributed by atoms with E-state index < -0.39 is 0 Å². The molecular formula is C26H27N7O. The van der Waals surface area contributed by atoms with Crippen molar-refractivity contribution in [2.45, 2.75) is 40.8 Å². The fraction of sp³-hybridized carbons (Fsp3) is 0.231. The molecule has 0 spiro atoms. The molecule has 0 aliphatic carbocycles. The minimum Gasteiger partial charge on any atom is -0.383 e. The topological polar surface area (TPSA) is 103 Å². The number of aryl methyl sites for hydroxylation is 4. The molecule has 0 aliphatic heterocycles. The van der Waals surface area contributed by atoms with Gasteiger partial charge in [-0.15, -0.1) is 0 Å². The first kappa shape index (κ1) is 21.6. The van der Waals surface area contributed by atoms with Gasteiger partial charge in [0.05, 0.1) is 24.0 Å². The molecule has 0 bridgehead atoms. The summed E-state index contributed by atoms with van der Waals surface area (Å²) < 4.78 is 3.76. The minimum atomic E-state index is -0.166. The van der Waals surface area contributed by atoms with Crippen molar-refractivity contribution < 1.29 is 4.79 Å². The van der Waals surface area contributed by atoms with Crippen molar-refractivity contribution in [3.63, 3.8) is 0 Å². The standard InChI is InChI=1S/C26H27N7O/c1-15-8-24-31-20(13-32(24)11-17(15)3)14-33-12-19(9-30-33)26(34)29-10-23-16(2)7-22-21(18(23)4)5-6-28-25(22)27/h5-9,11-13H,10,14H2,1-4H3,(H2,27,28)(H,29,34). The molecule has 34 heavy (non-hydrogen) atoms. The third kappa shape index (κ3) is 3.87. The number of fused-ring (bicyclic) bond motifs is 2. The van der Waals surface area contributed by atoms with Crippen LogP contribution in [-0.2, 0) is 13.1 Å². The maximum atomic E-state index is 12.8. The monoisotopic (exact) mass is 453 g/mol. The van der Waals surface area contributed by atoms with Gasteiger partial charge in [-0.3, -0.25) is 9.48 Å². The zero-order valence-corrected chi connectivity index (χ0v) is 19.8. The summed E-state index contributed by atoms with van der Waals surface area (Å²) in [4.78, 5) is 21.7. The largest absolute Gasteiger partial charge is 0.383 e. The lowest BCUT2D eigenvalue weighted by Crippen LogP contribution is -2.23. The molecule has 5 aromatic rings. The zero-order chi connectivity index (χ0) is 24.0. The van der Waals surface area contributed by atoms with Crippen LogP contribution < -0.4 is 11.1 Å². The summed E-state index contributed by atoms with van der Waals surface area (Å²) in [6, 6.07) is 6.06. The van der Waals surface area contributed by atoms with Gasteiger partial charge < -0.3 is 15.5 Å². The smallest absolute Gasteiger partial charge is 0.254 e. The van der Waals surface area contributed by atoms with Crippen LogP contribution in [0.3, 0.4) is 0 Å². The maximum Gasteiger partial charge on any atom is 0.254 e. The average Bonchev–Trinajstić information content (AvgIpc) is 3.41. The number of aromatic nitrogens is 5. The number of amides is 1. The number of nitrogens with two attached hydrogens (primary N) is 1. The molecule has 4 aromatic heterocycles. The van der Waals surface area contributed by atoms with E-state index >= 15 is 0 Å². The van der Waals surface area contributed by atoms with Gasteiger partial charge in [-0.05, 0) is 79.1 Å². The Morgan fingerprint density at radius 3 is 2.68 bits per heavy atom. The van der Waals surface area contributed by atoms with Crippen LogP contribution in [0.5, 0.6) is 0 Å².